The molecule has 0 radical (unpaired) electrons. The van der Waals surface area contributed by atoms with Crippen LogP contribution >= 0.6 is 0 Å². The van der Waals surface area contributed by atoms with Gasteiger partial charge in [-0.05, 0) is 23.6 Å². The predicted octanol–water partition coefficient (Wildman–Crippen LogP) is 2.06. The summed E-state index contributed by atoms with van der Waals surface area (Å²) < 4.78 is 5.09. The van der Waals surface area contributed by atoms with E-state index in [9.17, 15) is 4.79 Å². The summed E-state index contributed by atoms with van der Waals surface area (Å²) in [7, 11) is 1.55. The topological polar surface area (TPSA) is 39.2 Å². The molecule has 1 aromatic heterocycles. The van der Waals surface area contributed by atoms with Crippen LogP contribution in [0.4, 0.5) is 0 Å². The fraction of sp³-hybridized carbons (Fsp3) is 0.0909. The molecule has 2 rings (SSSR count). The van der Waals surface area contributed by atoms with Crippen LogP contribution in [0.5, 0.6) is 5.75 Å². The van der Waals surface area contributed by atoms with Crippen molar-refractivity contribution in [2.45, 2.75) is 0 Å². The number of carbonyl (C=O) groups is 1. The number of fused-ring (bicyclic) bond motifs is 1. The molecule has 3 heteroatoms. The second-order valence-corrected chi connectivity index (χ2v) is 2.90. The third kappa shape index (κ3) is 1.23. The number of ether oxygens (including phenoxy) is 1. The van der Waals surface area contributed by atoms with Crippen LogP contribution in [-0.2, 0) is 0 Å². The zero-order chi connectivity index (χ0) is 9.97. The van der Waals surface area contributed by atoms with Crippen LogP contribution in [0.1, 0.15) is 10.4 Å². The van der Waals surface area contributed by atoms with Gasteiger partial charge in [0.1, 0.15) is 5.75 Å². The minimum atomic E-state index is 0.576. The maximum Gasteiger partial charge on any atom is 0.154 e. The van der Waals surface area contributed by atoms with Crippen molar-refractivity contribution in [1.82, 2.24) is 4.98 Å². The van der Waals surface area contributed by atoms with E-state index < -0.39 is 0 Å². The Labute approximate surface area is 81.3 Å². The summed E-state index contributed by atoms with van der Waals surface area (Å²) in [5, 5.41) is 1.81. The molecular formula is C11H9NO2. The molecule has 70 valence electrons. The van der Waals surface area contributed by atoms with E-state index in [4.69, 9.17) is 4.74 Å². The summed E-state index contributed by atoms with van der Waals surface area (Å²) in [5.41, 5.74) is 0.576. The van der Waals surface area contributed by atoms with E-state index >= 15 is 0 Å². The highest BCUT2D eigenvalue weighted by atomic mass is 16.5. The highest BCUT2D eigenvalue weighted by Gasteiger charge is 2.06. The number of benzene rings is 1. The number of carbonyl (C=O) groups excluding carboxylic acids is 1. The molecule has 0 atom stereocenters. The largest absolute Gasteiger partial charge is 0.496 e. The molecule has 0 saturated heterocycles. The van der Waals surface area contributed by atoms with E-state index in [1.165, 1.54) is 0 Å². The molecule has 2 aromatic rings. The van der Waals surface area contributed by atoms with E-state index in [0.29, 0.717) is 11.3 Å². The monoisotopic (exact) mass is 187 g/mol. The van der Waals surface area contributed by atoms with E-state index in [1.807, 2.05) is 12.1 Å². The van der Waals surface area contributed by atoms with Crippen LogP contribution in [-0.4, -0.2) is 18.4 Å². The number of hydrogen-bond donors (Lipinski definition) is 0. The smallest absolute Gasteiger partial charge is 0.154 e. The van der Waals surface area contributed by atoms with E-state index in [2.05, 4.69) is 4.98 Å². The molecule has 0 aliphatic carbocycles. The standard InChI is InChI=1S/C11H9NO2/c1-14-11-3-2-8-6-12-5-4-9(8)10(11)7-13/h2-7H,1H3. The average molecular weight is 187 g/mol. The van der Waals surface area contributed by atoms with Crippen LogP contribution in [0, 0.1) is 0 Å². The first kappa shape index (κ1) is 8.69. The maximum absolute atomic E-state index is 10.9. The second kappa shape index (κ2) is 3.46. The molecule has 3 nitrogen and oxygen atoms in total. The van der Waals surface area contributed by atoms with Gasteiger partial charge in [0, 0.05) is 17.8 Å². The van der Waals surface area contributed by atoms with Gasteiger partial charge >= 0.3 is 0 Å². The maximum atomic E-state index is 10.9. The van der Waals surface area contributed by atoms with Crippen LogP contribution in [0.2, 0.25) is 0 Å². The number of rotatable bonds is 2. The van der Waals surface area contributed by atoms with Crippen molar-refractivity contribution in [2.24, 2.45) is 0 Å². The van der Waals surface area contributed by atoms with Gasteiger partial charge in [0.05, 0.1) is 12.7 Å². The summed E-state index contributed by atoms with van der Waals surface area (Å²) in [6, 6.07) is 5.46. The minimum Gasteiger partial charge on any atom is -0.496 e. The first-order chi connectivity index (χ1) is 6.86. The number of pyridine rings is 1. The van der Waals surface area contributed by atoms with Crippen molar-refractivity contribution in [3.63, 3.8) is 0 Å². The molecule has 0 unspecified atom stereocenters. The average Bonchev–Trinajstić information content (AvgIpc) is 2.27. The summed E-state index contributed by atoms with van der Waals surface area (Å²) in [4.78, 5) is 14.9. The molecule has 1 heterocycles. The number of nitrogens with zero attached hydrogens (tertiary/aromatic N) is 1. The first-order valence-corrected chi connectivity index (χ1v) is 4.22. The molecule has 0 bridgehead atoms. The summed E-state index contributed by atoms with van der Waals surface area (Å²) in [6.45, 7) is 0. The highest BCUT2D eigenvalue weighted by molar-refractivity contribution is 6.00. The van der Waals surface area contributed by atoms with Crippen molar-refractivity contribution in [3.05, 3.63) is 36.2 Å². The van der Waals surface area contributed by atoms with Crippen LogP contribution in [0.15, 0.2) is 30.6 Å². The Kier molecular flexibility index (Phi) is 2.14. The predicted molar refractivity (Wildman–Crippen MR) is 53.7 cm³/mol. The molecule has 0 spiro atoms. The van der Waals surface area contributed by atoms with Gasteiger partial charge in [0.25, 0.3) is 0 Å². The number of hydrogen-bond acceptors (Lipinski definition) is 3. The van der Waals surface area contributed by atoms with Gasteiger partial charge in [0.2, 0.25) is 0 Å². The van der Waals surface area contributed by atoms with Crippen molar-refractivity contribution in [3.8, 4) is 5.75 Å². The van der Waals surface area contributed by atoms with E-state index in [-0.39, 0.29) is 0 Å². The molecule has 0 aliphatic heterocycles. The molecule has 0 saturated carbocycles. The zero-order valence-corrected chi connectivity index (χ0v) is 7.73. The van der Waals surface area contributed by atoms with Crippen LogP contribution in [0.25, 0.3) is 10.8 Å². The zero-order valence-electron chi connectivity index (χ0n) is 7.73. The minimum absolute atomic E-state index is 0.576. The fourth-order valence-electron chi connectivity index (χ4n) is 1.47. The number of aromatic nitrogens is 1. The lowest BCUT2D eigenvalue weighted by molar-refractivity contribution is 0.112. The molecule has 0 amide bonds. The Morgan fingerprint density at radius 2 is 2.21 bits per heavy atom. The van der Waals surface area contributed by atoms with Crippen molar-refractivity contribution >= 4 is 17.1 Å². The van der Waals surface area contributed by atoms with E-state index in [1.54, 1.807) is 25.6 Å². The van der Waals surface area contributed by atoms with Gasteiger partial charge in [0.15, 0.2) is 6.29 Å². The third-order valence-electron chi connectivity index (χ3n) is 2.16. The second-order valence-electron chi connectivity index (χ2n) is 2.90. The van der Waals surface area contributed by atoms with E-state index in [0.717, 1.165) is 17.1 Å². The van der Waals surface area contributed by atoms with Crippen LogP contribution < -0.4 is 4.74 Å². The summed E-state index contributed by atoms with van der Waals surface area (Å²) in [5.74, 6) is 0.596. The summed E-state index contributed by atoms with van der Waals surface area (Å²) in [6.07, 6.45) is 4.19. The van der Waals surface area contributed by atoms with Gasteiger partial charge in [-0.25, -0.2) is 0 Å². The van der Waals surface area contributed by atoms with Gasteiger partial charge < -0.3 is 4.74 Å². The Morgan fingerprint density at radius 1 is 1.36 bits per heavy atom. The lowest BCUT2D eigenvalue weighted by atomic mass is 10.1. The Bertz CT molecular complexity index is 480. The first-order valence-electron chi connectivity index (χ1n) is 4.22. The molecular weight excluding hydrogens is 178 g/mol. The number of aldehydes is 1. The van der Waals surface area contributed by atoms with Gasteiger partial charge in [-0.3, -0.25) is 9.78 Å². The van der Waals surface area contributed by atoms with Crippen molar-refractivity contribution in [2.75, 3.05) is 7.11 Å². The lowest BCUT2D eigenvalue weighted by Gasteiger charge is -2.05. The van der Waals surface area contributed by atoms with Crippen LogP contribution in [0.3, 0.4) is 0 Å². The lowest BCUT2D eigenvalue weighted by Crippen LogP contribution is -1.91. The normalized spacial score (nSPS) is 10.1. The van der Waals surface area contributed by atoms with Gasteiger partial charge in [-0.1, -0.05) is 0 Å². The Balaban J connectivity index is 2.83. The van der Waals surface area contributed by atoms with Gasteiger partial charge in [-0.2, -0.15) is 0 Å². The molecule has 0 N–H and O–H groups in total. The fourth-order valence-corrected chi connectivity index (χ4v) is 1.47. The quantitative estimate of drug-likeness (QED) is 0.675. The third-order valence-corrected chi connectivity index (χ3v) is 2.16. The van der Waals surface area contributed by atoms with Crippen molar-refractivity contribution in [1.29, 1.82) is 0 Å². The SMILES string of the molecule is COc1ccc2cnccc2c1C=O. The summed E-state index contributed by atoms with van der Waals surface area (Å²) >= 11 is 0. The molecule has 0 aliphatic rings. The highest BCUT2D eigenvalue weighted by Crippen LogP contribution is 2.25. The Morgan fingerprint density at radius 3 is 2.93 bits per heavy atom. The van der Waals surface area contributed by atoms with Crippen molar-refractivity contribution < 1.29 is 9.53 Å². The Hall–Kier alpha value is -1.90. The molecule has 14 heavy (non-hydrogen) atoms. The van der Waals surface area contributed by atoms with Gasteiger partial charge in [-0.15, -0.1) is 0 Å². The molecule has 0 fully saturated rings. The molecule has 1 aromatic carbocycles. The number of methoxy groups -OCH3 is 1.